The van der Waals surface area contributed by atoms with Crippen LogP contribution in [0, 0.1) is 28.7 Å². The summed E-state index contributed by atoms with van der Waals surface area (Å²) in [6.45, 7) is -1.20. The Morgan fingerprint density at radius 1 is 1.21 bits per heavy atom. The molecular formula is C17H15F4NO6. The Hall–Kier alpha value is -2.85. The number of benzene rings is 1. The molecule has 0 spiro atoms. The third-order valence-electron chi connectivity index (χ3n) is 4.99. The van der Waals surface area contributed by atoms with Gasteiger partial charge in [-0.3, -0.25) is 14.4 Å². The van der Waals surface area contributed by atoms with Gasteiger partial charge in [0.15, 0.2) is 24.1 Å². The maximum absolute atomic E-state index is 13.8. The SMILES string of the molecule is O=C1CC(N(COc2c(F)c(F)cc(F)c2F)C(=O)C2(C(=O)O)CCC2)CO1. The molecular weight excluding hydrogens is 390 g/mol. The first kappa shape index (κ1) is 19.9. The number of aliphatic carboxylic acids is 1. The Kier molecular flexibility index (Phi) is 5.18. The molecule has 2 fully saturated rings. The summed E-state index contributed by atoms with van der Waals surface area (Å²) in [6, 6.07) is -0.945. The van der Waals surface area contributed by atoms with Crippen LogP contribution in [0.1, 0.15) is 25.7 Å². The summed E-state index contributed by atoms with van der Waals surface area (Å²) < 4.78 is 63.8. The predicted octanol–water partition coefficient (Wildman–Crippen LogP) is 1.98. The van der Waals surface area contributed by atoms with Crippen LogP contribution >= 0.6 is 0 Å². The summed E-state index contributed by atoms with van der Waals surface area (Å²) in [5.74, 6) is -11.4. The van der Waals surface area contributed by atoms with Crippen LogP contribution in [0.15, 0.2) is 6.07 Å². The molecule has 1 aliphatic heterocycles. The first-order valence-corrected chi connectivity index (χ1v) is 8.33. The zero-order valence-electron chi connectivity index (χ0n) is 14.3. The predicted molar refractivity (Wildman–Crippen MR) is 81.9 cm³/mol. The lowest BCUT2D eigenvalue weighted by molar-refractivity contribution is -0.170. The summed E-state index contributed by atoms with van der Waals surface area (Å²) in [6.07, 6.45) is 0.269. The van der Waals surface area contributed by atoms with Crippen LogP contribution in [0.25, 0.3) is 0 Å². The van der Waals surface area contributed by atoms with Gasteiger partial charge < -0.3 is 19.5 Å². The third kappa shape index (κ3) is 3.25. The minimum Gasteiger partial charge on any atom is -0.480 e. The van der Waals surface area contributed by atoms with Gasteiger partial charge in [-0.1, -0.05) is 6.42 Å². The fourth-order valence-electron chi connectivity index (χ4n) is 3.17. The molecule has 3 rings (SSSR count). The standard InChI is InChI=1S/C17H15F4NO6/c18-9-5-10(19)13(21)14(12(9)20)28-7-22(8-4-11(23)27-6-8)15(24)17(16(25)26)2-1-3-17/h5,8H,1-4,6-7H2,(H,25,26). The van der Waals surface area contributed by atoms with Crippen molar-refractivity contribution in [1.29, 1.82) is 0 Å². The molecule has 1 saturated carbocycles. The minimum absolute atomic E-state index is 0.00227. The highest BCUT2D eigenvalue weighted by atomic mass is 19.2. The van der Waals surface area contributed by atoms with Crippen molar-refractivity contribution in [2.24, 2.45) is 5.41 Å². The van der Waals surface area contributed by atoms with Crippen LogP contribution in [0.5, 0.6) is 5.75 Å². The molecule has 0 bridgehead atoms. The number of halogens is 4. The lowest BCUT2D eigenvalue weighted by atomic mass is 9.67. The molecule has 0 aromatic heterocycles. The highest BCUT2D eigenvalue weighted by molar-refractivity contribution is 6.03. The first-order chi connectivity index (χ1) is 13.2. The molecule has 1 heterocycles. The number of carbonyl (C=O) groups is 3. The monoisotopic (exact) mass is 405 g/mol. The van der Waals surface area contributed by atoms with E-state index in [1.807, 2.05) is 0 Å². The normalized spacial score (nSPS) is 20.3. The van der Waals surface area contributed by atoms with E-state index in [1.54, 1.807) is 0 Å². The second-order valence-electron chi connectivity index (χ2n) is 6.63. The lowest BCUT2D eigenvalue weighted by Crippen LogP contribution is -2.56. The number of hydrogen-bond acceptors (Lipinski definition) is 5. The van der Waals surface area contributed by atoms with Crippen molar-refractivity contribution < 1.29 is 46.5 Å². The highest BCUT2D eigenvalue weighted by Crippen LogP contribution is 2.43. The average Bonchev–Trinajstić information content (AvgIpc) is 3.01. The van der Waals surface area contributed by atoms with Crippen LogP contribution in [-0.4, -0.2) is 47.2 Å². The second-order valence-corrected chi connectivity index (χ2v) is 6.63. The van der Waals surface area contributed by atoms with Gasteiger partial charge in [0.2, 0.25) is 17.5 Å². The van der Waals surface area contributed by atoms with Crippen LogP contribution < -0.4 is 4.74 Å². The average molecular weight is 405 g/mol. The van der Waals surface area contributed by atoms with Crippen molar-refractivity contribution in [2.75, 3.05) is 13.3 Å². The quantitative estimate of drug-likeness (QED) is 0.256. The number of hydrogen-bond donors (Lipinski definition) is 1. The van der Waals surface area contributed by atoms with E-state index < -0.39 is 65.1 Å². The van der Waals surface area contributed by atoms with E-state index in [0.29, 0.717) is 6.42 Å². The summed E-state index contributed by atoms with van der Waals surface area (Å²) in [5, 5.41) is 9.44. The van der Waals surface area contributed by atoms with Crippen molar-refractivity contribution in [3.8, 4) is 5.75 Å². The smallest absolute Gasteiger partial charge is 0.319 e. The number of carboxylic acid groups (broad SMARTS) is 1. The molecule has 7 nitrogen and oxygen atoms in total. The van der Waals surface area contributed by atoms with E-state index in [4.69, 9.17) is 9.47 Å². The number of amides is 1. The molecule has 1 N–H and O–H groups in total. The molecule has 2 aliphatic rings. The van der Waals surface area contributed by atoms with E-state index in [2.05, 4.69) is 0 Å². The van der Waals surface area contributed by atoms with Crippen molar-refractivity contribution in [2.45, 2.75) is 31.7 Å². The molecule has 28 heavy (non-hydrogen) atoms. The minimum atomic E-state index is -1.80. The summed E-state index contributed by atoms with van der Waals surface area (Å²) >= 11 is 0. The number of nitrogens with zero attached hydrogens (tertiary/aromatic N) is 1. The molecule has 1 aromatic rings. The summed E-state index contributed by atoms with van der Waals surface area (Å²) in [4.78, 5) is 36.7. The highest BCUT2D eigenvalue weighted by Gasteiger charge is 2.54. The molecule has 11 heteroatoms. The molecule has 0 radical (unpaired) electrons. The number of carboxylic acids is 1. The lowest BCUT2D eigenvalue weighted by Gasteiger charge is -2.41. The molecule has 1 aliphatic carbocycles. The van der Waals surface area contributed by atoms with E-state index in [9.17, 15) is 37.1 Å². The Balaban J connectivity index is 1.88. The number of ether oxygens (including phenoxy) is 2. The summed E-state index contributed by atoms with van der Waals surface area (Å²) in [7, 11) is 0. The third-order valence-corrected chi connectivity index (χ3v) is 4.99. The molecule has 1 atom stereocenters. The summed E-state index contributed by atoms with van der Waals surface area (Å²) in [5.41, 5.74) is -1.75. The van der Waals surface area contributed by atoms with Crippen molar-refractivity contribution >= 4 is 17.8 Å². The molecule has 1 aromatic carbocycles. The Labute approximate surface area is 155 Å². The van der Waals surface area contributed by atoms with Gasteiger partial charge in [-0.2, -0.15) is 8.78 Å². The Morgan fingerprint density at radius 3 is 2.25 bits per heavy atom. The number of carbonyl (C=O) groups excluding carboxylic acids is 2. The van der Waals surface area contributed by atoms with Gasteiger partial charge in [0.05, 0.1) is 12.5 Å². The largest absolute Gasteiger partial charge is 0.480 e. The van der Waals surface area contributed by atoms with Gasteiger partial charge in [0, 0.05) is 6.07 Å². The van der Waals surface area contributed by atoms with E-state index in [-0.39, 0.29) is 31.9 Å². The van der Waals surface area contributed by atoms with Gasteiger partial charge in [0.25, 0.3) is 0 Å². The van der Waals surface area contributed by atoms with Crippen LogP contribution in [0.3, 0.4) is 0 Å². The zero-order chi connectivity index (χ0) is 20.6. The maximum atomic E-state index is 13.8. The number of rotatable bonds is 6. The van der Waals surface area contributed by atoms with Crippen molar-refractivity contribution in [3.63, 3.8) is 0 Å². The second kappa shape index (κ2) is 7.28. The molecule has 152 valence electrons. The Morgan fingerprint density at radius 2 is 1.82 bits per heavy atom. The van der Waals surface area contributed by atoms with Gasteiger partial charge >= 0.3 is 11.9 Å². The van der Waals surface area contributed by atoms with E-state index in [0.717, 1.165) is 4.90 Å². The fourth-order valence-corrected chi connectivity index (χ4v) is 3.17. The number of cyclic esters (lactones) is 1. The topological polar surface area (TPSA) is 93.1 Å². The van der Waals surface area contributed by atoms with Crippen molar-refractivity contribution in [1.82, 2.24) is 4.90 Å². The fraction of sp³-hybridized carbons (Fsp3) is 0.471. The zero-order valence-corrected chi connectivity index (χ0v) is 14.3. The maximum Gasteiger partial charge on any atom is 0.319 e. The Bertz CT molecular complexity index is 815. The number of esters is 1. The van der Waals surface area contributed by atoms with Gasteiger partial charge in [-0.15, -0.1) is 0 Å². The van der Waals surface area contributed by atoms with Crippen LogP contribution in [0.2, 0.25) is 0 Å². The van der Waals surface area contributed by atoms with Gasteiger partial charge in [0.1, 0.15) is 12.0 Å². The van der Waals surface area contributed by atoms with E-state index in [1.165, 1.54) is 0 Å². The van der Waals surface area contributed by atoms with Crippen LogP contribution in [-0.2, 0) is 19.1 Å². The molecule has 1 saturated heterocycles. The van der Waals surface area contributed by atoms with Gasteiger partial charge in [-0.05, 0) is 12.8 Å². The molecule has 1 unspecified atom stereocenters. The van der Waals surface area contributed by atoms with Crippen LogP contribution in [0.4, 0.5) is 17.6 Å². The molecule has 1 amide bonds. The van der Waals surface area contributed by atoms with Gasteiger partial charge in [-0.25, -0.2) is 8.78 Å². The first-order valence-electron chi connectivity index (χ1n) is 8.33. The van der Waals surface area contributed by atoms with Crippen molar-refractivity contribution in [3.05, 3.63) is 29.3 Å². The van der Waals surface area contributed by atoms with E-state index >= 15 is 0 Å².